The first-order chi connectivity index (χ1) is 36.7. The van der Waals surface area contributed by atoms with Gasteiger partial charge in [-0.25, -0.2) is 0 Å². The normalized spacial score (nSPS) is 55.4. The topological polar surface area (TPSA) is 566 Å². The van der Waals surface area contributed by atoms with E-state index >= 15 is 0 Å². The lowest BCUT2D eigenvalue weighted by atomic mass is 9.94. The number of aliphatic hydroxyl groups is 19. The number of hydrogen-bond acceptors (Lipinski definition) is 35. The molecule has 0 unspecified atom stereocenters. The first-order valence-corrected chi connectivity index (χ1v) is 24.8. The van der Waals surface area contributed by atoms with E-state index in [9.17, 15) is 97.0 Å². The Labute approximate surface area is 435 Å². The second-order valence-electron chi connectivity index (χ2n) is 19.8. The Morgan fingerprint density at radius 2 is 0.338 bits per heavy atom. The number of rotatable bonds is 7. The van der Waals surface area contributed by atoms with Crippen molar-refractivity contribution in [3.8, 4) is 0 Å². The average Bonchev–Trinajstić information content (AvgIpc) is 3.45. The fraction of sp³-hybridized carbons (Fsp3) is 1.00. The number of ether oxygens (including phenoxy) is 14. The van der Waals surface area contributed by atoms with Crippen LogP contribution in [0.4, 0.5) is 0 Å². The molecule has 0 aromatic heterocycles. The number of hydrogen-bond donors (Lipinski definition) is 21. The molecule has 0 aromatic rings. The van der Waals surface area contributed by atoms with Gasteiger partial charge in [-0.3, -0.25) is 0 Å². The van der Waals surface area contributed by atoms with Crippen LogP contribution < -0.4 is 11.5 Å². The molecule has 21 saturated heterocycles. The second-order valence-corrected chi connectivity index (χ2v) is 19.8. The molecule has 35 nitrogen and oxygen atoms in total. The van der Waals surface area contributed by atoms with Crippen LogP contribution in [-0.2, 0) is 66.3 Å². The van der Waals surface area contributed by atoms with Crippen molar-refractivity contribution in [2.75, 3.05) is 46.2 Å². The van der Waals surface area contributed by atoms with Gasteiger partial charge in [0.05, 0.1) is 58.3 Å². The molecule has 0 amide bonds. The molecule has 35 atom stereocenters. The van der Waals surface area contributed by atoms with Crippen LogP contribution in [0.25, 0.3) is 0 Å². The molecule has 0 spiro atoms. The molecule has 0 aliphatic carbocycles. The van der Waals surface area contributed by atoms with Crippen molar-refractivity contribution in [1.82, 2.24) is 0 Å². The quantitative estimate of drug-likeness (QED) is 0.113. The van der Waals surface area contributed by atoms with E-state index in [1.807, 2.05) is 0 Å². The molecule has 21 heterocycles. The van der Waals surface area contributed by atoms with E-state index in [0.717, 1.165) is 0 Å². The smallest absolute Gasteiger partial charge is 0.187 e. The van der Waals surface area contributed by atoms with E-state index in [0.29, 0.717) is 0 Å². The van der Waals surface area contributed by atoms with Crippen LogP contribution >= 0.6 is 0 Å². The van der Waals surface area contributed by atoms with Gasteiger partial charge in [-0.2, -0.15) is 0 Å². The van der Waals surface area contributed by atoms with Gasteiger partial charge in [0.15, 0.2) is 44.0 Å². The van der Waals surface area contributed by atoms with Gasteiger partial charge < -0.3 is 175 Å². The van der Waals surface area contributed by atoms with Crippen molar-refractivity contribution in [3.63, 3.8) is 0 Å². The molecule has 0 radical (unpaired) electrons. The van der Waals surface area contributed by atoms with Crippen molar-refractivity contribution >= 4 is 0 Å². The lowest BCUT2D eigenvalue weighted by Crippen LogP contribution is -2.69. The minimum Gasteiger partial charge on any atom is -0.394 e. The summed E-state index contributed by atoms with van der Waals surface area (Å²) in [6.45, 7) is -6.97. The lowest BCUT2D eigenvalue weighted by Gasteiger charge is -2.50. The average molecular weight is 1130 g/mol. The predicted molar refractivity (Wildman–Crippen MR) is 232 cm³/mol. The summed E-state index contributed by atoms with van der Waals surface area (Å²) in [6, 6.07) is -3.32. The molecular weight excluding hydrogens is 1060 g/mol. The minimum absolute atomic E-state index is 0.961. The Hall–Kier alpha value is -1.40. The SMILES string of the molecule is N[C@@H]1[C@H](O)[C@H]2O[C@H]3[C@H](O)[C@@H](O)[C@@H](O[C@H]4[C@H](O)[C@@H](O)[C@@H](O[C@H]5[C@@H](N)[C@@H](O)[C@@H](O[C@H]6[C@H](O)[C@@H](O)[C@@H](O[C@H]7[C@H](O)[C@@H](O)[C@@H](O[C@H]8[C@@H](O)[C@H](O)[C@@H](O[C@@H]1[C@@H](CO)O2)O[C@@H]8CO)O[C@@H]7CO)O[C@@H]6CO)O[C@@H]5CO)O[C@@H]4CO)O[C@@H]3CO. The van der Waals surface area contributed by atoms with Crippen molar-refractivity contribution in [3.05, 3.63) is 0 Å². The van der Waals surface area contributed by atoms with Crippen molar-refractivity contribution in [1.29, 1.82) is 0 Å². The molecule has 35 heteroatoms. The summed E-state index contributed by atoms with van der Waals surface area (Å²) in [5.74, 6) is 0. The molecule has 0 aromatic carbocycles. The highest BCUT2D eigenvalue weighted by atomic mass is 16.8. The highest BCUT2D eigenvalue weighted by Gasteiger charge is 2.59. The van der Waals surface area contributed by atoms with Gasteiger partial charge >= 0.3 is 0 Å². The third-order valence-electron chi connectivity index (χ3n) is 15.0. The van der Waals surface area contributed by atoms with Crippen molar-refractivity contribution < 1.29 is 163 Å². The molecular formula is C42H72N2O33. The minimum atomic E-state index is -2.18. The molecule has 21 aliphatic heterocycles. The zero-order valence-corrected chi connectivity index (χ0v) is 40.5. The van der Waals surface area contributed by atoms with Crippen LogP contribution in [0.3, 0.4) is 0 Å². The Morgan fingerprint density at radius 3 is 0.506 bits per heavy atom. The molecule has 23 N–H and O–H groups in total. The molecule has 21 aliphatic rings. The summed E-state index contributed by atoms with van der Waals surface area (Å²) >= 11 is 0. The number of nitrogens with two attached hydrogens (primary N) is 2. The highest BCUT2D eigenvalue weighted by molar-refractivity contribution is 5.02. The van der Waals surface area contributed by atoms with Gasteiger partial charge in [0.2, 0.25) is 0 Å². The second kappa shape index (κ2) is 26.0. The largest absolute Gasteiger partial charge is 0.394 e. The van der Waals surface area contributed by atoms with Gasteiger partial charge in [-0.15, -0.1) is 0 Å². The molecule has 21 fully saturated rings. The zero-order chi connectivity index (χ0) is 56.1. The molecule has 448 valence electrons. The van der Waals surface area contributed by atoms with Crippen molar-refractivity contribution in [2.45, 2.75) is 215 Å². The molecule has 14 bridgehead atoms. The molecule has 0 saturated carbocycles. The fourth-order valence-electron chi connectivity index (χ4n) is 10.5. The van der Waals surface area contributed by atoms with Crippen LogP contribution in [-0.4, -0.2) is 358 Å². The van der Waals surface area contributed by atoms with E-state index in [1.165, 1.54) is 0 Å². The summed E-state index contributed by atoms with van der Waals surface area (Å²) in [5.41, 5.74) is 12.7. The summed E-state index contributed by atoms with van der Waals surface area (Å²) in [4.78, 5) is 0. The standard InChI is InChI=1S/C42H72N2O33/c43-15-17(52)36-64-9(2-46)30(15)72-39-25(60)20(55)34(13(6-50)67-39)76-42-28(63)23(58)35(14(7-51)70-42)77-41-27(62)22(57)32(11(4-48)69-41)74-37-18(53)16(44)29(8(1-45)65-37)71-38-24(59)19(54)33(12(5-49)66-38)75-40-26(61)21(56)31(73-36)10(3-47)68-40/h8-42,45-63H,1-7,43-44H2/t8-,9-,10-,11-,12-,13-,14-,15-,16+,17+,18-,19-,20+,21-,22-,23-,24-,25+,26-,27-,28-,29-,30-,31-,32-,33-,34-,35-,36-,37-,38-,39-,40-,41-,42-/m1/s1. The van der Waals surface area contributed by atoms with E-state index in [4.69, 9.17) is 77.8 Å². The Morgan fingerprint density at radius 1 is 0.195 bits per heavy atom. The maximum atomic E-state index is 11.4. The first kappa shape index (κ1) is 61.7. The van der Waals surface area contributed by atoms with E-state index in [-0.39, 0.29) is 0 Å². The number of aliphatic hydroxyl groups excluding tert-OH is 19. The van der Waals surface area contributed by atoms with Gasteiger partial charge in [0.25, 0.3) is 0 Å². The third kappa shape index (κ3) is 12.1. The molecule has 21 rings (SSSR count). The summed E-state index contributed by atoms with van der Waals surface area (Å²) in [7, 11) is 0. The van der Waals surface area contributed by atoms with E-state index in [2.05, 4.69) is 0 Å². The summed E-state index contributed by atoms with van der Waals surface area (Å²) < 4.78 is 80.4. The van der Waals surface area contributed by atoms with Crippen LogP contribution in [0.15, 0.2) is 0 Å². The fourth-order valence-corrected chi connectivity index (χ4v) is 10.5. The van der Waals surface area contributed by atoms with E-state index < -0.39 is 261 Å². The third-order valence-corrected chi connectivity index (χ3v) is 15.0. The van der Waals surface area contributed by atoms with Crippen LogP contribution in [0.1, 0.15) is 0 Å². The van der Waals surface area contributed by atoms with Gasteiger partial charge in [0.1, 0.15) is 159 Å². The maximum Gasteiger partial charge on any atom is 0.187 e. The van der Waals surface area contributed by atoms with Gasteiger partial charge in [0, 0.05) is 0 Å². The monoisotopic (exact) mass is 1130 g/mol. The predicted octanol–water partition coefficient (Wildman–Crippen LogP) is -15.3. The highest BCUT2D eigenvalue weighted by Crippen LogP contribution is 2.38. The van der Waals surface area contributed by atoms with Crippen molar-refractivity contribution in [2.24, 2.45) is 11.5 Å². The van der Waals surface area contributed by atoms with E-state index in [1.54, 1.807) is 0 Å². The van der Waals surface area contributed by atoms with Crippen LogP contribution in [0.2, 0.25) is 0 Å². The van der Waals surface area contributed by atoms with Gasteiger partial charge in [-0.1, -0.05) is 0 Å². The lowest BCUT2D eigenvalue weighted by molar-refractivity contribution is -0.392. The zero-order valence-electron chi connectivity index (χ0n) is 40.5. The Kier molecular flexibility index (Phi) is 20.8. The van der Waals surface area contributed by atoms with Crippen LogP contribution in [0, 0.1) is 0 Å². The summed E-state index contributed by atoms with van der Waals surface area (Å²) in [5, 5.41) is 209. The Balaban J connectivity index is 1.08. The van der Waals surface area contributed by atoms with Crippen LogP contribution in [0.5, 0.6) is 0 Å². The van der Waals surface area contributed by atoms with Gasteiger partial charge in [-0.05, 0) is 0 Å². The molecule has 77 heavy (non-hydrogen) atoms. The first-order valence-electron chi connectivity index (χ1n) is 24.8. The Bertz CT molecular complexity index is 1480. The maximum absolute atomic E-state index is 11.4. The summed E-state index contributed by atoms with van der Waals surface area (Å²) in [6.07, 6.45) is -63.2.